The molecule has 0 bridgehead atoms. The zero-order chi connectivity index (χ0) is 16.1. The van der Waals surface area contributed by atoms with Gasteiger partial charge in [0.2, 0.25) is 0 Å². The van der Waals surface area contributed by atoms with Crippen molar-refractivity contribution < 1.29 is 17.5 Å². The van der Waals surface area contributed by atoms with Gasteiger partial charge in [0.05, 0.1) is 17.0 Å². The molecule has 2 N–H and O–H groups in total. The monoisotopic (exact) mass is 313 g/mol. The summed E-state index contributed by atoms with van der Waals surface area (Å²) in [6, 6.07) is 4.17. The van der Waals surface area contributed by atoms with Gasteiger partial charge in [-0.1, -0.05) is 11.8 Å². The molecule has 0 heterocycles. The molecule has 0 saturated carbocycles. The second-order valence-electron chi connectivity index (χ2n) is 5.43. The summed E-state index contributed by atoms with van der Waals surface area (Å²) in [5.74, 6) is 4.68. The maximum Gasteiger partial charge on any atom is 0.165 e. The molecular formula is C15H20FNO3S. The minimum atomic E-state index is -3.30. The Kier molecular flexibility index (Phi) is 5.76. The predicted octanol–water partition coefficient (Wildman–Crippen LogP) is 1.73. The number of ether oxygens (including phenoxy) is 1. The Morgan fingerprint density at radius 1 is 1.33 bits per heavy atom. The molecule has 116 valence electrons. The largest absolute Gasteiger partial charge is 0.489 e. The van der Waals surface area contributed by atoms with Crippen molar-refractivity contribution in [2.75, 3.05) is 18.9 Å². The van der Waals surface area contributed by atoms with Gasteiger partial charge in [0.15, 0.2) is 21.4 Å². The van der Waals surface area contributed by atoms with E-state index in [0.29, 0.717) is 5.56 Å². The van der Waals surface area contributed by atoms with Gasteiger partial charge in [-0.3, -0.25) is 0 Å². The van der Waals surface area contributed by atoms with Crippen LogP contribution in [0.25, 0.3) is 0 Å². The Labute approximate surface area is 125 Å². The summed E-state index contributed by atoms with van der Waals surface area (Å²) in [6.07, 6.45) is 0. The van der Waals surface area contributed by atoms with Gasteiger partial charge >= 0.3 is 0 Å². The fraction of sp³-hybridized carbons (Fsp3) is 0.467. The van der Waals surface area contributed by atoms with Gasteiger partial charge in [0.1, 0.15) is 6.61 Å². The average molecular weight is 313 g/mol. The third-order valence-electron chi connectivity index (χ3n) is 2.81. The van der Waals surface area contributed by atoms with Crippen LogP contribution >= 0.6 is 0 Å². The predicted molar refractivity (Wildman–Crippen MR) is 81.4 cm³/mol. The summed E-state index contributed by atoms with van der Waals surface area (Å²) in [5.41, 5.74) is 5.83. The average Bonchev–Trinajstić information content (AvgIpc) is 2.38. The first-order chi connectivity index (χ1) is 9.67. The van der Waals surface area contributed by atoms with Crippen LogP contribution in [-0.2, 0) is 9.84 Å². The number of rotatable bonds is 4. The zero-order valence-electron chi connectivity index (χ0n) is 12.4. The van der Waals surface area contributed by atoms with E-state index in [1.165, 1.54) is 18.2 Å². The smallest absolute Gasteiger partial charge is 0.165 e. The minimum absolute atomic E-state index is 0.0112. The summed E-state index contributed by atoms with van der Waals surface area (Å²) >= 11 is 0. The van der Waals surface area contributed by atoms with E-state index in [2.05, 4.69) is 11.8 Å². The van der Waals surface area contributed by atoms with Crippen molar-refractivity contribution in [3.63, 3.8) is 0 Å². The van der Waals surface area contributed by atoms with Gasteiger partial charge < -0.3 is 10.5 Å². The number of halogens is 1. The van der Waals surface area contributed by atoms with E-state index in [0.717, 1.165) is 0 Å². The number of hydrogen-bond acceptors (Lipinski definition) is 4. The summed E-state index contributed by atoms with van der Waals surface area (Å²) in [7, 11) is -3.30. The molecule has 0 saturated heterocycles. The van der Waals surface area contributed by atoms with Gasteiger partial charge in [-0.15, -0.1) is 0 Å². The molecule has 0 atom stereocenters. The zero-order valence-corrected chi connectivity index (χ0v) is 13.3. The molecular weight excluding hydrogens is 293 g/mol. The molecule has 6 heteroatoms. The summed E-state index contributed by atoms with van der Waals surface area (Å²) < 4.78 is 41.8. The fourth-order valence-corrected chi connectivity index (χ4v) is 2.33. The van der Waals surface area contributed by atoms with Crippen molar-refractivity contribution in [2.24, 2.45) is 5.73 Å². The molecule has 0 unspecified atom stereocenters. The van der Waals surface area contributed by atoms with Crippen molar-refractivity contribution in [3.8, 4) is 17.6 Å². The van der Waals surface area contributed by atoms with Crippen LogP contribution in [0.2, 0.25) is 0 Å². The number of hydrogen-bond donors (Lipinski definition) is 1. The van der Waals surface area contributed by atoms with Crippen molar-refractivity contribution >= 4 is 9.84 Å². The second kappa shape index (κ2) is 6.92. The van der Waals surface area contributed by atoms with Crippen LogP contribution < -0.4 is 10.5 Å². The van der Waals surface area contributed by atoms with Crippen molar-refractivity contribution in [1.29, 1.82) is 0 Å². The van der Waals surface area contributed by atoms with E-state index in [-0.39, 0.29) is 24.7 Å². The van der Waals surface area contributed by atoms with Gasteiger partial charge in [0, 0.05) is 5.56 Å². The van der Waals surface area contributed by atoms with Crippen LogP contribution in [0.1, 0.15) is 26.3 Å². The maximum absolute atomic E-state index is 13.6. The van der Waals surface area contributed by atoms with Crippen molar-refractivity contribution in [1.82, 2.24) is 0 Å². The summed E-state index contributed by atoms with van der Waals surface area (Å²) in [6.45, 7) is 4.95. The first-order valence-electron chi connectivity index (χ1n) is 6.51. The molecule has 0 spiro atoms. The van der Waals surface area contributed by atoms with Crippen LogP contribution in [0, 0.1) is 17.7 Å². The Hall–Kier alpha value is -1.58. The highest BCUT2D eigenvalue weighted by Crippen LogP contribution is 2.20. The Morgan fingerprint density at radius 3 is 2.57 bits per heavy atom. The van der Waals surface area contributed by atoms with Gasteiger partial charge in [0.25, 0.3) is 0 Å². The standard InChI is InChI=1S/C15H20FNO3S/c1-15(2,3)21(18,19)10-9-20-14-11-12(5-4-8-17)6-7-13(14)16/h6-7,11H,8-10,17H2,1-3H3. The first kappa shape index (κ1) is 17.5. The first-order valence-corrected chi connectivity index (χ1v) is 8.16. The van der Waals surface area contributed by atoms with Gasteiger partial charge in [-0.25, -0.2) is 12.8 Å². The number of nitrogens with two attached hydrogens (primary N) is 1. The van der Waals surface area contributed by atoms with Gasteiger partial charge in [-0.2, -0.15) is 0 Å². The van der Waals surface area contributed by atoms with E-state index < -0.39 is 20.4 Å². The van der Waals surface area contributed by atoms with Gasteiger partial charge in [-0.05, 0) is 39.0 Å². The third-order valence-corrected chi connectivity index (χ3v) is 5.38. The highest BCUT2D eigenvalue weighted by molar-refractivity contribution is 7.92. The molecule has 21 heavy (non-hydrogen) atoms. The van der Waals surface area contributed by atoms with Crippen LogP contribution in [0.3, 0.4) is 0 Å². The molecule has 0 aromatic heterocycles. The maximum atomic E-state index is 13.6. The quantitative estimate of drug-likeness (QED) is 0.860. The van der Waals surface area contributed by atoms with Crippen LogP contribution in [0.4, 0.5) is 4.39 Å². The molecule has 0 radical (unpaired) electrons. The van der Waals surface area contributed by atoms with Crippen LogP contribution in [0.5, 0.6) is 5.75 Å². The van der Waals surface area contributed by atoms with Crippen LogP contribution in [-0.4, -0.2) is 32.1 Å². The van der Waals surface area contributed by atoms with Crippen molar-refractivity contribution in [2.45, 2.75) is 25.5 Å². The summed E-state index contributed by atoms with van der Waals surface area (Å²) in [5, 5.41) is 0. The minimum Gasteiger partial charge on any atom is -0.489 e. The highest BCUT2D eigenvalue weighted by Gasteiger charge is 2.28. The lowest BCUT2D eigenvalue weighted by Crippen LogP contribution is -2.32. The second-order valence-corrected chi connectivity index (χ2v) is 8.29. The fourth-order valence-electron chi connectivity index (χ4n) is 1.41. The van der Waals surface area contributed by atoms with Crippen molar-refractivity contribution in [3.05, 3.63) is 29.6 Å². The van der Waals surface area contributed by atoms with E-state index in [9.17, 15) is 12.8 Å². The third kappa shape index (κ3) is 5.03. The molecule has 0 aliphatic rings. The van der Waals surface area contributed by atoms with E-state index in [4.69, 9.17) is 10.5 Å². The number of sulfone groups is 1. The molecule has 0 aliphatic heterocycles. The van der Waals surface area contributed by atoms with E-state index >= 15 is 0 Å². The van der Waals surface area contributed by atoms with Crippen LogP contribution in [0.15, 0.2) is 18.2 Å². The Balaban J connectivity index is 2.76. The number of benzene rings is 1. The lowest BCUT2D eigenvalue weighted by molar-refractivity contribution is 0.321. The molecule has 1 aromatic carbocycles. The van der Waals surface area contributed by atoms with E-state index in [1.807, 2.05) is 0 Å². The molecule has 1 rings (SSSR count). The normalized spacial score (nSPS) is 11.7. The SMILES string of the molecule is CC(C)(C)S(=O)(=O)CCOc1cc(C#CCN)ccc1F. The molecule has 0 aliphatic carbocycles. The Bertz CT molecular complexity index is 652. The lowest BCUT2D eigenvalue weighted by atomic mass is 10.2. The topological polar surface area (TPSA) is 69.4 Å². The molecule has 1 aromatic rings. The van der Waals surface area contributed by atoms with E-state index in [1.54, 1.807) is 20.8 Å². The Morgan fingerprint density at radius 2 is 2.00 bits per heavy atom. The molecule has 0 amide bonds. The summed E-state index contributed by atoms with van der Waals surface area (Å²) in [4.78, 5) is 0. The lowest BCUT2D eigenvalue weighted by Gasteiger charge is -2.19. The molecule has 0 fully saturated rings. The molecule has 4 nitrogen and oxygen atoms in total. The highest BCUT2D eigenvalue weighted by atomic mass is 32.2.